The molecule has 0 aliphatic heterocycles. The van der Waals surface area contributed by atoms with E-state index in [4.69, 9.17) is 0 Å². The first kappa shape index (κ1) is 13.9. The Morgan fingerprint density at radius 1 is 1.26 bits per heavy atom. The summed E-state index contributed by atoms with van der Waals surface area (Å²) in [6.45, 7) is 7.47. The van der Waals surface area contributed by atoms with Gasteiger partial charge in [0.2, 0.25) is 0 Å². The molecule has 1 aromatic heterocycles. The lowest BCUT2D eigenvalue weighted by Crippen LogP contribution is -1.99. The molecule has 1 heterocycles. The largest absolute Gasteiger partial charge is 0.349 e. The number of thioether (sulfide) groups is 1. The summed E-state index contributed by atoms with van der Waals surface area (Å²) in [6, 6.07) is 10.4. The molecule has 0 atom stereocenters. The highest BCUT2D eigenvalue weighted by Crippen LogP contribution is 2.27. The lowest BCUT2D eigenvalue weighted by atomic mass is 10.2. The average molecular weight is 272 g/mol. The number of benzene rings is 1. The molecule has 0 saturated heterocycles. The molecule has 2 rings (SSSR count). The number of aryl methyl sites for hydroxylation is 1. The zero-order valence-corrected chi connectivity index (χ0v) is 12.8. The molecule has 100 valence electrons. The van der Waals surface area contributed by atoms with Crippen molar-refractivity contribution in [3.05, 3.63) is 47.3 Å². The monoisotopic (exact) mass is 272 g/mol. The minimum atomic E-state index is 1.01. The highest BCUT2D eigenvalue weighted by molar-refractivity contribution is 7.98. The Balaban J connectivity index is 2.33. The molecule has 3 heteroatoms. The van der Waals surface area contributed by atoms with E-state index in [-0.39, 0.29) is 0 Å². The van der Waals surface area contributed by atoms with E-state index >= 15 is 0 Å². The molecule has 0 unspecified atom stereocenters. The molecule has 1 aromatic carbocycles. The van der Waals surface area contributed by atoms with Crippen LogP contribution < -0.4 is 0 Å². The van der Waals surface area contributed by atoms with Gasteiger partial charge >= 0.3 is 0 Å². The van der Waals surface area contributed by atoms with Crippen LogP contribution in [0.15, 0.2) is 40.2 Å². The van der Waals surface area contributed by atoms with Crippen LogP contribution in [0.5, 0.6) is 0 Å². The zero-order chi connectivity index (χ0) is 13.8. The van der Waals surface area contributed by atoms with E-state index in [1.807, 2.05) is 18.3 Å². The molecule has 0 fully saturated rings. The van der Waals surface area contributed by atoms with Crippen molar-refractivity contribution >= 4 is 23.7 Å². The molecule has 0 spiro atoms. The molecule has 19 heavy (non-hydrogen) atoms. The average Bonchev–Trinajstić information content (AvgIpc) is 2.71. The Hall–Kier alpha value is -1.48. The second-order valence-electron chi connectivity index (χ2n) is 4.50. The SMILES string of the molecule is CCn1c(C)cc(C=Nc2ccccc2SC)c1C. The van der Waals surface area contributed by atoms with Gasteiger partial charge in [-0.25, -0.2) is 0 Å². The molecule has 2 nitrogen and oxygen atoms in total. The van der Waals surface area contributed by atoms with Crippen LogP contribution >= 0.6 is 11.8 Å². The number of rotatable bonds is 4. The normalized spacial score (nSPS) is 11.4. The fourth-order valence-corrected chi connectivity index (χ4v) is 2.87. The fourth-order valence-electron chi connectivity index (χ4n) is 2.32. The Labute approximate surface area is 119 Å². The number of hydrogen-bond acceptors (Lipinski definition) is 2. The van der Waals surface area contributed by atoms with E-state index in [1.54, 1.807) is 11.8 Å². The molecule has 0 bridgehead atoms. The van der Waals surface area contributed by atoms with Crippen molar-refractivity contribution in [2.45, 2.75) is 32.2 Å². The van der Waals surface area contributed by atoms with Crippen LogP contribution in [0.4, 0.5) is 5.69 Å². The number of nitrogens with zero attached hydrogens (tertiary/aromatic N) is 2. The van der Waals surface area contributed by atoms with Gasteiger partial charge in [0.05, 0.1) is 5.69 Å². The maximum Gasteiger partial charge on any atom is 0.0765 e. The molecule has 0 aliphatic carbocycles. The van der Waals surface area contributed by atoms with Crippen LogP contribution in [-0.4, -0.2) is 17.0 Å². The van der Waals surface area contributed by atoms with Gasteiger partial charge < -0.3 is 4.57 Å². The smallest absolute Gasteiger partial charge is 0.0765 e. The third-order valence-electron chi connectivity index (χ3n) is 3.36. The third-order valence-corrected chi connectivity index (χ3v) is 4.14. The van der Waals surface area contributed by atoms with Gasteiger partial charge in [-0.05, 0) is 45.2 Å². The molecule has 0 saturated carbocycles. The lowest BCUT2D eigenvalue weighted by molar-refractivity contribution is 0.718. The first-order valence-electron chi connectivity index (χ1n) is 6.51. The van der Waals surface area contributed by atoms with E-state index < -0.39 is 0 Å². The number of aliphatic imine (C=N–C) groups is 1. The van der Waals surface area contributed by atoms with Gasteiger partial charge in [0.1, 0.15) is 0 Å². The van der Waals surface area contributed by atoms with Gasteiger partial charge in [0, 0.05) is 34.6 Å². The Morgan fingerprint density at radius 3 is 2.63 bits per heavy atom. The predicted molar refractivity (Wildman–Crippen MR) is 85.1 cm³/mol. The van der Waals surface area contributed by atoms with Crippen LogP contribution in [0.25, 0.3) is 0 Å². The highest BCUT2D eigenvalue weighted by atomic mass is 32.2. The molecular formula is C16H20N2S. The van der Waals surface area contributed by atoms with Gasteiger partial charge in [-0.15, -0.1) is 11.8 Å². The predicted octanol–water partition coefficient (Wildman–Crippen LogP) is 4.60. The van der Waals surface area contributed by atoms with Crippen molar-refractivity contribution in [3.63, 3.8) is 0 Å². The van der Waals surface area contributed by atoms with E-state index in [0.717, 1.165) is 12.2 Å². The summed E-state index contributed by atoms with van der Waals surface area (Å²) < 4.78 is 2.31. The first-order valence-corrected chi connectivity index (χ1v) is 7.73. The van der Waals surface area contributed by atoms with Crippen molar-refractivity contribution in [1.82, 2.24) is 4.57 Å². The molecule has 0 aliphatic rings. The Morgan fingerprint density at radius 2 is 2.00 bits per heavy atom. The van der Waals surface area contributed by atoms with Gasteiger partial charge in [0.25, 0.3) is 0 Å². The van der Waals surface area contributed by atoms with Crippen molar-refractivity contribution in [3.8, 4) is 0 Å². The third kappa shape index (κ3) is 2.92. The van der Waals surface area contributed by atoms with Gasteiger partial charge in [0.15, 0.2) is 0 Å². The molecule has 0 radical (unpaired) electrons. The van der Waals surface area contributed by atoms with E-state index in [2.05, 4.69) is 54.8 Å². The Kier molecular flexibility index (Phi) is 4.48. The van der Waals surface area contributed by atoms with Crippen LogP contribution in [-0.2, 0) is 6.54 Å². The standard InChI is InChI=1S/C16H20N2S/c1-5-18-12(2)10-14(13(18)3)11-17-15-8-6-7-9-16(15)19-4/h6-11H,5H2,1-4H3. The number of aromatic nitrogens is 1. The zero-order valence-electron chi connectivity index (χ0n) is 12.0. The lowest BCUT2D eigenvalue weighted by Gasteiger charge is -2.04. The summed E-state index contributed by atoms with van der Waals surface area (Å²) in [7, 11) is 0. The van der Waals surface area contributed by atoms with Gasteiger partial charge in [-0.2, -0.15) is 0 Å². The molecular weight excluding hydrogens is 252 g/mol. The first-order chi connectivity index (χ1) is 9.17. The summed E-state index contributed by atoms with van der Waals surface area (Å²) in [5.74, 6) is 0. The van der Waals surface area contributed by atoms with E-state index in [0.29, 0.717) is 0 Å². The maximum atomic E-state index is 4.64. The van der Waals surface area contributed by atoms with Crippen LogP contribution in [0.2, 0.25) is 0 Å². The van der Waals surface area contributed by atoms with E-state index in [9.17, 15) is 0 Å². The fraction of sp³-hybridized carbons (Fsp3) is 0.312. The summed E-state index contributed by atoms with van der Waals surface area (Å²) in [5, 5.41) is 0. The summed E-state index contributed by atoms with van der Waals surface area (Å²) in [5.41, 5.74) is 4.82. The van der Waals surface area contributed by atoms with Crippen molar-refractivity contribution < 1.29 is 0 Å². The van der Waals surface area contributed by atoms with Gasteiger partial charge in [-0.3, -0.25) is 4.99 Å². The van der Waals surface area contributed by atoms with Crippen molar-refractivity contribution in [1.29, 1.82) is 0 Å². The second kappa shape index (κ2) is 6.11. The summed E-state index contributed by atoms with van der Waals surface area (Å²) in [6.07, 6.45) is 4.06. The summed E-state index contributed by atoms with van der Waals surface area (Å²) in [4.78, 5) is 5.85. The van der Waals surface area contributed by atoms with E-state index in [1.165, 1.54) is 21.8 Å². The van der Waals surface area contributed by atoms with Gasteiger partial charge in [-0.1, -0.05) is 12.1 Å². The van der Waals surface area contributed by atoms with Crippen LogP contribution in [0, 0.1) is 13.8 Å². The minimum Gasteiger partial charge on any atom is -0.349 e. The molecule has 0 N–H and O–H groups in total. The number of hydrogen-bond donors (Lipinski definition) is 0. The second-order valence-corrected chi connectivity index (χ2v) is 5.35. The van der Waals surface area contributed by atoms with Crippen LogP contribution in [0.3, 0.4) is 0 Å². The van der Waals surface area contributed by atoms with Crippen molar-refractivity contribution in [2.24, 2.45) is 4.99 Å². The summed E-state index contributed by atoms with van der Waals surface area (Å²) >= 11 is 1.73. The van der Waals surface area contributed by atoms with Crippen molar-refractivity contribution in [2.75, 3.05) is 6.26 Å². The quantitative estimate of drug-likeness (QED) is 0.587. The molecule has 2 aromatic rings. The highest BCUT2D eigenvalue weighted by Gasteiger charge is 2.05. The van der Waals surface area contributed by atoms with Crippen LogP contribution in [0.1, 0.15) is 23.9 Å². The minimum absolute atomic E-state index is 1.01. The maximum absolute atomic E-state index is 4.64. The Bertz CT molecular complexity index is 597. The topological polar surface area (TPSA) is 17.3 Å². The number of para-hydroxylation sites is 1. The molecule has 0 amide bonds.